The van der Waals surface area contributed by atoms with Gasteiger partial charge in [0, 0.05) is 42.6 Å². The van der Waals surface area contributed by atoms with Crippen LogP contribution in [0.1, 0.15) is 108 Å². The molecule has 9 rings (SSSR count). The van der Waals surface area contributed by atoms with Crippen molar-refractivity contribution in [2.24, 2.45) is 0 Å². The molecular formula is C42H48ClF3N8O3. The highest BCUT2D eigenvalue weighted by molar-refractivity contribution is 6.34. The van der Waals surface area contributed by atoms with Crippen LogP contribution in [0.2, 0.25) is 5.02 Å². The number of amides is 2. The minimum atomic E-state index is -1.42. The first kappa shape index (κ1) is 38.3. The lowest BCUT2D eigenvalue weighted by Gasteiger charge is -2.56. The lowest BCUT2D eigenvalue weighted by Crippen LogP contribution is -2.64. The summed E-state index contributed by atoms with van der Waals surface area (Å²) in [6.07, 6.45) is 9.39. The predicted molar refractivity (Wildman–Crippen MR) is 212 cm³/mol. The van der Waals surface area contributed by atoms with E-state index < -0.39 is 39.7 Å². The Balaban J connectivity index is 1.11. The second-order valence-corrected chi connectivity index (χ2v) is 17.7. The van der Waals surface area contributed by atoms with Crippen molar-refractivity contribution in [2.45, 2.75) is 120 Å². The molecule has 57 heavy (non-hydrogen) atoms. The van der Waals surface area contributed by atoms with Crippen molar-refractivity contribution >= 4 is 51.6 Å². The van der Waals surface area contributed by atoms with Crippen molar-refractivity contribution in [3.63, 3.8) is 0 Å². The fraction of sp³-hybridized carbons (Fsp3) is 0.548. The second kappa shape index (κ2) is 13.9. The van der Waals surface area contributed by atoms with Gasteiger partial charge in [-0.15, -0.1) is 0 Å². The number of rotatable bonds is 9. The summed E-state index contributed by atoms with van der Waals surface area (Å²) in [6, 6.07) is 4.85. The zero-order valence-corrected chi connectivity index (χ0v) is 33.5. The van der Waals surface area contributed by atoms with Crippen molar-refractivity contribution < 1.29 is 27.5 Å². The number of imidazole rings is 1. The Bertz CT molecular complexity index is 2280. The highest BCUT2D eigenvalue weighted by atomic mass is 35.5. The van der Waals surface area contributed by atoms with E-state index in [9.17, 15) is 14.0 Å². The van der Waals surface area contributed by atoms with Crippen LogP contribution in [0, 0.1) is 11.6 Å². The number of nitrogens with zero attached hydrogens (tertiary/aromatic N) is 6. The summed E-state index contributed by atoms with van der Waals surface area (Å²) in [7, 11) is 0. The standard InChI is InChI=1S/C42H48ClF3N8O3/c1-23(2)53-22-48-30-18-28(49-37(35(30)53)50-29-17-27(32(43)34(46)33(29)45)38(55)51-42(8-9-42)24(3)44)25-16-31-36(47-21-25)41(10-14-57-15-11-41)39(56)54(31)26-19-40(4,20-26)52-12-6-5-7-13-52/h16-18,21-24,26H,5-15,19-20H2,1-4H3,(H,49,50)(H,51,55). The molecule has 6 heterocycles. The molecule has 3 aromatic heterocycles. The molecule has 2 saturated carbocycles. The number of anilines is 3. The minimum absolute atomic E-state index is 0.0222. The van der Waals surface area contributed by atoms with Gasteiger partial charge in [-0.3, -0.25) is 19.5 Å². The summed E-state index contributed by atoms with van der Waals surface area (Å²) in [6.45, 7) is 10.7. The number of hydrogen-bond donors (Lipinski definition) is 2. The molecule has 5 aliphatic rings. The highest BCUT2D eigenvalue weighted by Gasteiger charge is 2.58. The summed E-state index contributed by atoms with van der Waals surface area (Å²) >= 11 is 6.19. The molecule has 0 bridgehead atoms. The molecule has 2 N–H and O–H groups in total. The third kappa shape index (κ3) is 6.19. The average molecular weight is 805 g/mol. The van der Waals surface area contributed by atoms with Gasteiger partial charge in [0.05, 0.1) is 56.1 Å². The lowest BCUT2D eigenvalue weighted by atomic mass is 9.71. The topological polar surface area (TPSA) is 118 Å². The molecule has 15 heteroatoms. The number of benzene rings is 1. The van der Waals surface area contributed by atoms with Crippen LogP contribution in [-0.4, -0.2) is 85.8 Å². The zero-order chi connectivity index (χ0) is 40.0. The van der Waals surface area contributed by atoms with Crippen LogP contribution >= 0.6 is 11.6 Å². The molecule has 4 aromatic rings. The van der Waals surface area contributed by atoms with Crippen LogP contribution in [0.25, 0.3) is 22.3 Å². The SMILES string of the molecule is CC(C)n1cnc2cc(-c3cnc4c(c3)N(C3CC(C)(N5CCCCC5)C3)C(=O)C43CCOCC3)nc(Nc3cc(C(=O)NC4(C(C)F)CC4)c(Cl)c(F)c3F)c21. The van der Waals surface area contributed by atoms with E-state index in [0.29, 0.717) is 61.2 Å². The van der Waals surface area contributed by atoms with Gasteiger partial charge in [0.15, 0.2) is 17.5 Å². The van der Waals surface area contributed by atoms with Crippen LogP contribution in [-0.2, 0) is 14.9 Å². The lowest BCUT2D eigenvalue weighted by molar-refractivity contribution is -0.128. The molecular weight excluding hydrogens is 757 g/mol. The predicted octanol–water partition coefficient (Wildman–Crippen LogP) is 8.17. The average Bonchev–Trinajstić information content (AvgIpc) is 3.79. The number of pyridine rings is 2. The number of hydrogen-bond acceptors (Lipinski definition) is 8. The van der Waals surface area contributed by atoms with Crippen LogP contribution in [0.15, 0.2) is 30.7 Å². The summed E-state index contributed by atoms with van der Waals surface area (Å²) in [5.74, 6) is -3.30. The molecule has 2 aliphatic carbocycles. The molecule has 4 fully saturated rings. The number of carbonyl (C=O) groups excluding carboxylic acids is 2. The Labute approximate surface area is 334 Å². The van der Waals surface area contributed by atoms with Gasteiger partial charge in [0.25, 0.3) is 5.91 Å². The number of alkyl halides is 1. The maximum atomic E-state index is 15.7. The number of likely N-dealkylation sites (tertiary alicyclic amines) is 1. The monoisotopic (exact) mass is 804 g/mol. The Hall–Kier alpha value is -4.27. The molecule has 3 aliphatic heterocycles. The summed E-state index contributed by atoms with van der Waals surface area (Å²) < 4.78 is 53.1. The van der Waals surface area contributed by atoms with E-state index in [-0.39, 0.29) is 40.6 Å². The van der Waals surface area contributed by atoms with Crippen molar-refractivity contribution in [3.05, 3.63) is 58.6 Å². The Morgan fingerprint density at radius 1 is 1.00 bits per heavy atom. The van der Waals surface area contributed by atoms with E-state index in [4.69, 9.17) is 26.3 Å². The zero-order valence-electron chi connectivity index (χ0n) is 32.7. The Kier molecular flexibility index (Phi) is 9.36. The van der Waals surface area contributed by atoms with Crippen LogP contribution in [0.3, 0.4) is 0 Å². The second-order valence-electron chi connectivity index (χ2n) is 17.3. The third-order valence-corrected chi connectivity index (χ3v) is 13.7. The first-order valence-electron chi connectivity index (χ1n) is 20.2. The van der Waals surface area contributed by atoms with Crippen LogP contribution in [0.4, 0.5) is 30.4 Å². The highest BCUT2D eigenvalue weighted by Crippen LogP contribution is 2.53. The minimum Gasteiger partial charge on any atom is -0.381 e. The molecule has 1 unspecified atom stereocenters. The van der Waals surface area contributed by atoms with Crippen LogP contribution in [0.5, 0.6) is 0 Å². The van der Waals surface area contributed by atoms with Crippen LogP contribution < -0.4 is 15.5 Å². The largest absolute Gasteiger partial charge is 0.381 e. The first-order chi connectivity index (χ1) is 27.2. The molecule has 302 valence electrons. The number of nitrogens with one attached hydrogen (secondary N) is 2. The number of ether oxygens (including phenoxy) is 1. The van der Waals surface area contributed by atoms with Gasteiger partial charge in [-0.1, -0.05) is 18.0 Å². The summed E-state index contributed by atoms with van der Waals surface area (Å²) in [4.78, 5) is 47.2. The number of halogens is 4. The molecule has 2 saturated heterocycles. The van der Waals surface area contributed by atoms with Gasteiger partial charge in [-0.05, 0) is 110 Å². The molecule has 1 atom stereocenters. The molecule has 1 spiro atoms. The number of carbonyl (C=O) groups is 2. The number of piperidine rings is 1. The van der Waals surface area contributed by atoms with Crippen molar-refractivity contribution in [1.82, 2.24) is 29.7 Å². The van der Waals surface area contributed by atoms with E-state index in [1.807, 2.05) is 35.4 Å². The maximum absolute atomic E-state index is 15.7. The molecule has 0 radical (unpaired) electrons. The fourth-order valence-corrected chi connectivity index (χ4v) is 9.90. The molecule has 1 aromatic carbocycles. The van der Waals surface area contributed by atoms with Gasteiger partial charge < -0.3 is 24.8 Å². The van der Waals surface area contributed by atoms with Gasteiger partial charge >= 0.3 is 0 Å². The summed E-state index contributed by atoms with van der Waals surface area (Å²) in [5.41, 5.74) is 1.14. The van der Waals surface area contributed by atoms with Gasteiger partial charge in [0.1, 0.15) is 11.7 Å². The van der Waals surface area contributed by atoms with Gasteiger partial charge in [-0.25, -0.2) is 23.1 Å². The first-order valence-corrected chi connectivity index (χ1v) is 20.6. The van der Waals surface area contributed by atoms with Gasteiger partial charge in [-0.2, -0.15) is 0 Å². The quantitative estimate of drug-likeness (QED) is 0.163. The number of aromatic nitrogens is 4. The van der Waals surface area contributed by atoms with E-state index in [1.54, 1.807) is 12.5 Å². The van der Waals surface area contributed by atoms with Crippen molar-refractivity contribution in [3.8, 4) is 11.3 Å². The fourth-order valence-electron chi connectivity index (χ4n) is 9.67. The van der Waals surface area contributed by atoms with Crippen molar-refractivity contribution in [1.29, 1.82) is 0 Å². The third-order valence-electron chi connectivity index (χ3n) is 13.4. The van der Waals surface area contributed by atoms with E-state index in [1.165, 1.54) is 26.2 Å². The normalized spacial score (nSPS) is 24.5. The maximum Gasteiger partial charge on any atom is 0.253 e. The summed E-state index contributed by atoms with van der Waals surface area (Å²) in [5, 5.41) is 4.89. The van der Waals surface area contributed by atoms with E-state index in [2.05, 4.69) is 27.4 Å². The molecule has 11 nitrogen and oxygen atoms in total. The smallest absolute Gasteiger partial charge is 0.253 e. The van der Waals surface area contributed by atoms with Crippen molar-refractivity contribution in [2.75, 3.05) is 36.5 Å². The number of fused-ring (bicyclic) bond motifs is 3. The molecule has 2 amide bonds. The van der Waals surface area contributed by atoms with Gasteiger partial charge in [0.2, 0.25) is 5.91 Å². The van der Waals surface area contributed by atoms with E-state index in [0.717, 1.165) is 43.4 Å². The Morgan fingerprint density at radius 3 is 2.39 bits per heavy atom. The Morgan fingerprint density at radius 2 is 1.72 bits per heavy atom. The van der Waals surface area contributed by atoms with E-state index >= 15 is 8.78 Å².